The molecule has 5 atom stereocenters. The van der Waals surface area contributed by atoms with E-state index in [4.69, 9.17) is 14.2 Å². The Kier molecular flexibility index (Phi) is 6.76. The summed E-state index contributed by atoms with van der Waals surface area (Å²) in [5.41, 5.74) is 4.38. The molecule has 0 saturated carbocycles. The Morgan fingerprint density at radius 1 is 0.933 bits per heavy atom. The summed E-state index contributed by atoms with van der Waals surface area (Å²) in [6.45, 7) is 16.0. The Labute approximate surface area is 263 Å². The van der Waals surface area contributed by atoms with Crippen molar-refractivity contribution < 1.29 is 28.8 Å². The maximum Gasteiger partial charge on any atom is 0.419 e. The minimum absolute atomic E-state index is 0.104. The molecule has 2 amide bonds. The van der Waals surface area contributed by atoms with E-state index in [0.29, 0.717) is 39.8 Å². The molecule has 0 radical (unpaired) electrons. The number of rotatable bonds is 5. The lowest BCUT2D eigenvalue weighted by atomic mass is 9.77. The lowest BCUT2D eigenvalue weighted by Crippen LogP contribution is -2.42. The minimum atomic E-state index is -1.31. The average Bonchev–Trinajstić information content (AvgIpc) is 3.69. The molecule has 10 heteroatoms. The molecule has 9 nitrogen and oxygen atoms in total. The number of aryl methyl sites for hydroxylation is 1. The Morgan fingerprint density at radius 3 is 2.27 bits per heavy atom. The highest BCUT2D eigenvalue weighted by atomic mass is 16.7. The van der Waals surface area contributed by atoms with Crippen LogP contribution in [0.15, 0.2) is 42.7 Å². The quantitative estimate of drug-likeness (QED) is 0.197. The molecule has 7 rings (SSSR count). The molecule has 5 unspecified atom stereocenters. The van der Waals surface area contributed by atoms with E-state index in [1.807, 2.05) is 39.1 Å². The van der Waals surface area contributed by atoms with Gasteiger partial charge in [-0.15, -0.1) is 0 Å². The third-order valence-electron chi connectivity index (χ3n) is 10.2. The van der Waals surface area contributed by atoms with Gasteiger partial charge in [-0.05, 0) is 50.2 Å². The molecule has 234 valence electrons. The van der Waals surface area contributed by atoms with Crippen molar-refractivity contribution in [3.05, 3.63) is 59.4 Å². The number of ether oxygens (including phenoxy) is 3. The molecule has 2 aromatic carbocycles. The van der Waals surface area contributed by atoms with Crippen LogP contribution in [0.25, 0.3) is 33.0 Å². The van der Waals surface area contributed by atoms with Gasteiger partial charge in [-0.3, -0.25) is 14.4 Å². The second-order valence-corrected chi connectivity index (χ2v) is 13.5. The molecule has 0 spiro atoms. The van der Waals surface area contributed by atoms with Crippen molar-refractivity contribution in [3.8, 4) is 11.5 Å². The smallest absolute Gasteiger partial charge is 0.419 e. The zero-order valence-electron chi connectivity index (χ0n) is 27.1. The summed E-state index contributed by atoms with van der Waals surface area (Å²) in [6, 6.07) is 9.87. The van der Waals surface area contributed by atoms with Gasteiger partial charge in [0.15, 0.2) is 11.5 Å². The molecule has 2 N–H and O–H groups in total. The van der Waals surface area contributed by atoms with Crippen LogP contribution in [0.5, 0.6) is 11.5 Å². The van der Waals surface area contributed by atoms with Crippen molar-refractivity contribution >= 4 is 51.8 Å². The largest absolute Gasteiger partial charge is 0.449 e. The Hall–Kier alpha value is -4.02. The van der Waals surface area contributed by atoms with E-state index in [0.717, 1.165) is 33.2 Å². The van der Waals surface area contributed by atoms with Crippen molar-refractivity contribution in [2.75, 3.05) is 0 Å². The van der Waals surface area contributed by atoms with E-state index < -0.39 is 24.7 Å². The maximum absolute atomic E-state index is 14.2. The second-order valence-electron chi connectivity index (χ2n) is 13.5. The van der Waals surface area contributed by atoms with Crippen LogP contribution in [0.4, 0.5) is 0 Å². The first-order valence-corrected chi connectivity index (χ1v) is 15.9. The van der Waals surface area contributed by atoms with E-state index in [-0.39, 0.29) is 29.4 Å². The highest BCUT2D eigenvalue weighted by Crippen LogP contribution is 2.48. The van der Waals surface area contributed by atoms with Crippen LogP contribution < -0.4 is 9.47 Å². The lowest BCUT2D eigenvalue weighted by Gasteiger charge is -2.44. The van der Waals surface area contributed by atoms with Crippen molar-refractivity contribution in [3.63, 3.8) is 0 Å². The van der Waals surface area contributed by atoms with Gasteiger partial charge in [0.2, 0.25) is 5.79 Å². The maximum atomic E-state index is 14.2. The number of aromatic nitrogens is 2. The summed E-state index contributed by atoms with van der Waals surface area (Å²) in [5, 5.41) is 12.2. The average molecular weight is 610 g/mol. The van der Waals surface area contributed by atoms with Crippen molar-refractivity contribution in [2.45, 2.75) is 79.8 Å². The molecule has 1 fully saturated rings. The fourth-order valence-electron chi connectivity index (χ4n) is 7.50. The number of H-pyrrole nitrogens is 1. The zero-order chi connectivity index (χ0) is 32.1. The first-order valence-electron chi connectivity index (χ1n) is 15.9. The van der Waals surface area contributed by atoms with Gasteiger partial charge in [-0.2, -0.15) is 0 Å². The topological polar surface area (TPSA) is 106 Å². The molecule has 4 aromatic rings. The summed E-state index contributed by atoms with van der Waals surface area (Å²) in [7, 11) is -1.31. The number of imide groups is 1. The predicted molar refractivity (Wildman–Crippen MR) is 175 cm³/mol. The van der Waals surface area contributed by atoms with Gasteiger partial charge in [0, 0.05) is 65.6 Å². The van der Waals surface area contributed by atoms with Crippen LogP contribution in [-0.2, 0) is 14.3 Å². The lowest BCUT2D eigenvalue weighted by molar-refractivity contribution is -0.166. The number of hydrogen-bond acceptors (Lipinski definition) is 6. The normalized spacial score (nSPS) is 26.2. The molecule has 1 saturated heterocycles. The minimum Gasteiger partial charge on any atom is -0.449 e. The van der Waals surface area contributed by atoms with E-state index >= 15 is 0 Å². The number of nitrogens with one attached hydrogen (secondary N) is 1. The molecular weight excluding hydrogens is 569 g/mol. The summed E-state index contributed by atoms with van der Waals surface area (Å²) in [5.74, 6) is 0.292. The highest BCUT2D eigenvalue weighted by molar-refractivity contribution is 6.65. The zero-order valence-corrected chi connectivity index (χ0v) is 27.1. The molecule has 3 aliphatic rings. The number of benzene rings is 2. The fourth-order valence-corrected chi connectivity index (χ4v) is 7.50. The standard InChI is InChI=1S/C35H40BN3O6/c1-9-27-19(4)18(3)20(5)34(43-27)38-16-24(22-12-17(2)10-11-26(22)38)31-30(32(40)39(33(31)41)36(8)42)23-15-37-25-14-29-28(13-21(23)25)44-35(6,7)45-29/h10-16,18-20,27,34,37,42H,9H2,1-8H3. The molecular formula is C35H40BN3O6. The molecule has 2 aromatic heterocycles. The Morgan fingerprint density at radius 2 is 1.60 bits per heavy atom. The predicted octanol–water partition coefficient (Wildman–Crippen LogP) is 6.54. The van der Waals surface area contributed by atoms with Crippen molar-refractivity contribution in [2.24, 2.45) is 17.8 Å². The van der Waals surface area contributed by atoms with E-state index in [2.05, 4.69) is 55.4 Å². The number of nitrogens with zero attached hydrogens (tertiary/aromatic N) is 2. The molecule has 45 heavy (non-hydrogen) atoms. The number of amides is 2. The number of carbonyl (C=O) groups excluding carboxylic acids is 2. The van der Waals surface area contributed by atoms with E-state index in [9.17, 15) is 14.6 Å². The van der Waals surface area contributed by atoms with Gasteiger partial charge < -0.3 is 28.8 Å². The highest BCUT2D eigenvalue weighted by Gasteiger charge is 2.46. The van der Waals surface area contributed by atoms with Crippen LogP contribution >= 0.6 is 0 Å². The van der Waals surface area contributed by atoms with Crippen LogP contribution in [0.2, 0.25) is 6.82 Å². The summed E-state index contributed by atoms with van der Waals surface area (Å²) >= 11 is 0. The van der Waals surface area contributed by atoms with Crippen molar-refractivity contribution in [1.82, 2.24) is 14.4 Å². The Bertz CT molecular complexity index is 1920. The van der Waals surface area contributed by atoms with Gasteiger partial charge in [-0.1, -0.05) is 39.3 Å². The number of carbonyl (C=O) groups is 2. The van der Waals surface area contributed by atoms with E-state index in [1.165, 1.54) is 6.82 Å². The van der Waals surface area contributed by atoms with Crippen LogP contribution in [0, 0.1) is 24.7 Å². The van der Waals surface area contributed by atoms with Gasteiger partial charge in [0.1, 0.15) is 6.23 Å². The Balaban J connectivity index is 1.47. The van der Waals surface area contributed by atoms with Gasteiger partial charge >= 0.3 is 7.05 Å². The molecule has 0 aliphatic carbocycles. The monoisotopic (exact) mass is 609 g/mol. The third kappa shape index (κ3) is 4.44. The van der Waals surface area contributed by atoms with Crippen LogP contribution in [-0.4, -0.2) is 50.1 Å². The first-order chi connectivity index (χ1) is 21.3. The van der Waals surface area contributed by atoms with Crippen LogP contribution in [0.1, 0.15) is 70.9 Å². The third-order valence-corrected chi connectivity index (χ3v) is 10.2. The number of hydrogen-bond donors (Lipinski definition) is 2. The van der Waals surface area contributed by atoms with Crippen LogP contribution in [0.3, 0.4) is 0 Å². The summed E-state index contributed by atoms with van der Waals surface area (Å²) in [4.78, 5) is 32.6. The number of aromatic amines is 1. The van der Waals surface area contributed by atoms with Crippen molar-refractivity contribution in [1.29, 1.82) is 0 Å². The second kappa shape index (κ2) is 10.3. The summed E-state index contributed by atoms with van der Waals surface area (Å²) in [6.07, 6.45) is 4.47. The molecule has 0 bridgehead atoms. The number of fused-ring (bicyclic) bond motifs is 3. The SMILES string of the molecule is CCC1OC(n2cc(C3=C(c4c[nH]c5cc6c(cc45)OC(C)(C)O6)C(=O)N(B(C)O)C3=O)c3cc(C)ccc32)C(C)C(C)C1C. The fraction of sp³-hybridized carbons (Fsp3) is 0.429. The molecule has 5 heterocycles. The van der Waals surface area contributed by atoms with E-state index in [1.54, 1.807) is 6.20 Å². The summed E-state index contributed by atoms with van der Waals surface area (Å²) < 4.78 is 20.9. The molecule has 3 aliphatic heterocycles. The first kappa shape index (κ1) is 29.7. The van der Waals surface area contributed by atoms with Gasteiger partial charge in [-0.25, -0.2) is 0 Å². The van der Waals surface area contributed by atoms with Gasteiger partial charge in [0.05, 0.1) is 22.8 Å². The van der Waals surface area contributed by atoms with Gasteiger partial charge in [0.25, 0.3) is 11.8 Å².